The van der Waals surface area contributed by atoms with Crippen LogP contribution in [-0.2, 0) is 13.5 Å². The van der Waals surface area contributed by atoms with Crippen molar-refractivity contribution in [2.24, 2.45) is 7.05 Å². The van der Waals surface area contributed by atoms with E-state index >= 15 is 0 Å². The number of hydrogen-bond acceptors (Lipinski definition) is 3. The van der Waals surface area contributed by atoms with Crippen molar-refractivity contribution in [2.45, 2.75) is 32.7 Å². The van der Waals surface area contributed by atoms with Gasteiger partial charge in [-0.1, -0.05) is 30.3 Å². The molecule has 108 valence electrons. The molecule has 0 radical (unpaired) electrons. The lowest BCUT2D eigenvalue weighted by Gasteiger charge is -2.19. The first-order chi connectivity index (χ1) is 9.61. The zero-order valence-corrected chi connectivity index (χ0v) is 12.2. The van der Waals surface area contributed by atoms with E-state index in [0.717, 1.165) is 18.7 Å². The molecule has 0 saturated heterocycles. The van der Waals surface area contributed by atoms with Crippen LogP contribution in [0.15, 0.2) is 24.4 Å². The van der Waals surface area contributed by atoms with Gasteiger partial charge in [0.25, 0.3) is 0 Å². The van der Waals surface area contributed by atoms with Crippen molar-refractivity contribution >= 4 is 0 Å². The summed E-state index contributed by atoms with van der Waals surface area (Å²) in [5.41, 5.74) is 2.23. The van der Waals surface area contributed by atoms with Crippen LogP contribution in [0.4, 0.5) is 4.39 Å². The summed E-state index contributed by atoms with van der Waals surface area (Å²) in [7, 11) is 1.83. The van der Waals surface area contributed by atoms with Crippen molar-refractivity contribution in [2.75, 3.05) is 6.54 Å². The third-order valence-corrected chi connectivity index (χ3v) is 3.30. The number of aryl methyl sites for hydroxylation is 2. The molecule has 1 atom stereocenters. The Balaban J connectivity index is 2.24. The lowest BCUT2D eigenvalue weighted by Crippen LogP contribution is -2.25. The highest BCUT2D eigenvalue weighted by molar-refractivity contribution is 5.28. The Morgan fingerprint density at radius 1 is 1.40 bits per heavy atom. The molecule has 0 aliphatic rings. The summed E-state index contributed by atoms with van der Waals surface area (Å²) in [6, 6.07) is 5.45. The molecule has 1 aromatic heterocycles. The first kappa shape index (κ1) is 14.7. The van der Waals surface area contributed by atoms with Gasteiger partial charge in [0, 0.05) is 31.3 Å². The van der Waals surface area contributed by atoms with E-state index in [4.69, 9.17) is 0 Å². The van der Waals surface area contributed by atoms with Crippen LogP contribution < -0.4 is 5.32 Å². The van der Waals surface area contributed by atoms with E-state index < -0.39 is 0 Å². The lowest BCUT2D eigenvalue weighted by molar-refractivity contribution is 0.491. The maximum absolute atomic E-state index is 14.3. The van der Waals surface area contributed by atoms with Crippen LogP contribution in [0.3, 0.4) is 0 Å². The zero-order chi connectivity index (χ0) is 14.5. The summed E-state index contributed by atoms with van der Waals surface area (Å²) in [6.07, 6.45) is 3.51. The predicted molar refractivity (Wildman–Crippen MR) is 76.9 cm³/mol. The van der Waals surface area contributed by atoms with Crippen molar-refractivity contribution in [1.29, 1.82) is 0 Å². The average molecular weight is 276 g/mol. The smallest absolute Gasteiger partial charge is 0.130 e. The molecule has 2 rings (SSSR count). The first-order valence-corrected chi connectivity index (χ1v) is 6.95. The quantitative estimate of drug-likeness (QED) is 0.881. The van der Waals surface area contributed by atoms with Gasteiger partial charge < -0.3 is 5.32 Å². The van der Waals surface area contributed by atoms with Crippen LogP contribution in [0, 0.1) is 12.7 Å². The summed E-state index contributed by atoms with van der Waals surface area (Å²) in [5, 5.41) is 11.4. The van der Waals surface area contributed by atoms with Crippen LogP contribution in [-0.4, -0.2) is 21.5 Å². The minimum absolute atomic E-state index is 0.0773. The molecular formula is C15H21FN4. The maximum Gasteiger partial charge on any atom is 0.130 e. The summed E-state index contributed by atoms with van der Waals surface area (Å²) >= 11 is 0. The van der Waals surface area contributed by atoms with Gasteiger partial charge in [0.1, 0.15) is 5.82 Å². The summed E-state index contributed by atoms with van der Waals surface area (Å²) in [4.78, 5) is 0. The van der Waals surface area contributed by atoms with Gasteiger partial charge in [0.2, 0.25) is 0 Å². The molecule has 5 heteroatoms. The van der Waals surface area contributed by atoms with Gasteiger partial charge in [-0.25, -0.2) is 4.39 Å². The fraction of sp³-hybridized carbons (Fsp3) is 0.467. The van der Waals surface area contributed by atoms with E-state index in [-0.39, 0.29) is 11.9 Å². The molecule has 0 saturated carbocycles. The van der Waals surface area contributed by atoms with Crippen molar-refractivity contribution in [3.63, 3.8) is 0 Å². The normalized spacial score (nSPS) is 12.6. The topological polar surface area (TPSA) is 42.7 Å². The second kappa shape index (κ2) is 6.61. The minimum Gasteiger partial charge on any atom is -0.310 e. The maximum atomic E-state index is 14.3. The largest absolute Gasteiger partial charge is 0.310 e. The molecule has 0 aliphatic carbocycles. The molecule has 0 aliphatic heterocycles. The zero-order valence-electron chi connectivity index (χ0n) is 12.2. The van der Waals surface area contributed by atoms with E-state index in [1.165, 1.54) is 0 Å². The Morgan fingerprint density at radius 3 is 2.85 bits per heavy atom. The van der Waals surface area contributed by atoms with E-state index in [0.29, 0.717) is 17.5 Å². The molecule has 0 amide bonds. The Kier molecular flexibility index (Phi) is 4.84. The van der Waals surface area contributed by atoms with Crippen LogP contribution in [0.2, 0.25) is 0 Å². The molecular weight excluding hydrogens is 255 g/mol. The first-order valence-electron chi connectivity index (χ1n) is 6.95. The van der Waals surface area contributed by atoms with Gasteiger partial charge in [0.05, 0.1) is 5.69 Å². The van der Waals surface area contributed by atoms with Crippen LogP contribution in [0.25, 0.3) is 0 Å². The highest BCUT2D eigenvalue weighted by Gasteiger charge is 2.18. The third kappa shape index (κ3) is 3.42. The minimum atomic E-state index is -0.134. The van der Waals surface area contributed by atoms with Gasteiger partial charge in [-0.3, -0.25) is 4.68 Å². The van der Waals surface area contributed by atoms with Crippen LogP contribution >= 0.6 is 0 Å². The Morgan fingerprint density at radius 2 is 2.20 bits per heavy atom. The van der Waals surface area contributed by atoms with E-state index in [9.17, 15) is 4.39 Å². The van der Waals surface area contributed by atoms with E-state index in [2.05, 4.69) is 22.6 Å². The van der Waals surface area contributed by atoms with E-state index in [1.54, 1.807) is 17.7 Å². The van der Waals surface area contributed by atoms with Gasteiger partial charge in [-0.15, -0.1) is 5.10 Å². The second-order valence-electron chi connectivity index (χ2n) is 5.07. The van der Waals surface area contributed by atoms with Crippen molar-refractivity contribution in [3.8, 4) is 0 Å². The summed E-state index contributed by atoms with van der Waals surface area (Å²) < 4.78 is 16.0. The van der Waals surface area contributed by atoms with Gasteiger partial charge in [0.15, 0.2) is 0 Å². The summed E-state index contributed by atoms with van der Waals surface area (Å²) in [6.45, 7) is 4.73. The number of nitrogens with zero attached hydrogens (tertiary/aromatic N) is 3. The van der Waals surface area contributed by atoms with E-state index in [1.807, 2.05) is 25.4 Å². The number of aromatic nitrogens is 3. The molecule has 0 bridgehead atoms. The molecule has 2 aromatic rings. The molecule has 20 heavy (non-hydrogen) atoms. The van der Waals surface area contributed by atoms with Crippen LogP contribution in [0.5, 0.6) is 0 Å². The van der Waals surface area contributed by atoms with Crippen molar-refractivity contribution < 1.29 is 4.39 Å². The Labute approximate surface area is 119 Å². The molecule has 1 heterocycles. The number of rotatable bonds is 6. The Hall–Kier alpha value is -1.75. The standard InChI is InChI=1S/C15H21FN4/c1-4-8-17-14(9-12-10-20(3)19-18-12)13-7-5-6-11(2)15(13)16/h5-7,10,14,17H,4,8-9H2,1-3H3. The van der Waals surface area contributed by atoms with Gasteiger partial charge >= 0.3 is 0 Å². The van der Waals surface area contributed by atoms with Crippen molar-refractivity contribution in [1.82, 2.24) is 20.3 Å². The fourth-order valence-corrected chi connectivity index (χ4v) is 2.25. The third-order valence-electron chi connectivity index (χ3n) is 3.30. The van der Waals surface area contributed by atoms with Gasteiger partial charge in [-0.2, -0.15) is 0 Å². The monoisotopic (exact) mass is 276 g/mol. The number of halogens is 1. The fourth-order valence-electron chi connectivity index (χ4n) is 2.25. The second-order valence-corrected chi connectivity index (χ2v) is 5.07. The molecule has 0 spiro atoms. The molecule has 0 fully saturated rings. The van der Waals surface area contributed by atoms with Crippen LogP contribution in [0.1, 0.15) is 36.2 Å². The van der Waals surface area contributed by atoms with Crippen molar-refractivity contribution in [3.05, 3.63) is 47.0 Å². The molecule has 1 aromatic carbocycles. The van der Waals surface area contributed by atoms with Gasteiger partial charge in [-0.05, 0) is 25.5 Å². The highest BCUT2D eigenvalue weighted by Crippen LogP contribution is 2.22. The number of benzene rings is 1. The summed E-state index contributed by atoms with van der Waals surface area (Å²) in [5.74, 6) is -0.134. The lowest BCUT2D eigenvalue weighted by atomic mass is 9.99. The number of hydrogen-bond donors (Lipinski definition) is 1. The predicted octanol–water partition coefficient (Wildman–Crippen LogP) is 2.55. The molecule has 4 nitrogen and oxygen atoms in total. The molecule has 1 N–H and O–H groups in total. The Bertz CT molecular complexity index is 565. The molecule has 1 unspecified atom stereocenters. The average Bonchev–Trinajstić information content (AvgIpc) is 2.83. The SMILES string of the molecule is CCCNC(Cc1cn(C)nn1)c1cccc(C)c1F. The number of nitrogens with one attached hydrogen (secondary N) is 1. The highest BCUT2D eigenvalue weighted by atomic mass is 19.1.